The van der Waals surface area contributed by atoms with Crippen molar-refractivity contribution < 1.29 is 4.79 Å². The molecule has 158 valence electrons. The Labute approximate surface area is 184 Å². The van der Waals surface area contributed by atoms with Gasteiger partial charge in [-0.25, -0.2) is 4.98 Å². The van der Waals surface area contributed by atoms with Gasteiger partial charge in [0.25, 0.3) is 5.56 Å². The van der Waals surface area contributed by atoms with Gasteiger partial charge in [-0.1, -0.05) is 26.0 Å². The number of aromatic nitrogens is 2. The molecule has 1 aliphatic carbocycles. The van der Waals surface area contributed by atoms with Crippen molar-refractivity contribution >= 4 is 44.9 Å². The van der Waals surface area contributed by atoms with Crippen molar-refractivity contribution in [2.45, 2.75) is 51.2 Å². The summed E-state index contributed by atoms with van der Waals surface area (Å²) in [4.78, 5) is 36.6. The van der Waals surface area contributed by atoms with Crippen molar-refractivity contribution in [3.8, 4) is 0 Å². The Kier molecular flexibility index (Phi) is 6.29. The van der Waals surface area contributed by atoms with E-state index < -0.39 is 0 Å². The summed E-state index contributed by atoms with van der Waals surface area (Å²) in [5.74, 6) is 2.52. The average molecular weight is 442 g/mol. The predicted molar refractivity (Wildman–Crippen MR) is 127 cm³/mol. The smallest absolute Gasteiger partial charge is 0.259 e. The lowest BCUT2D eigenvalue weighted by Gasteiger charge is -2.19. The first-order chi connectivity index (χ1) is 14.4. The number of aryl methyl sites for hydroxylation is 2. The van der Waals surface area contributed by atoms with E-state index in [9.17, 15) is 9.59 Å². The van der Waals surface area contributed by atoms with Crippen molar-refractivity contribution in [1.82, 2.24) is 9.97 Å². The third-order valence-electron chi connectivity index (χ3n) is 5.62. The van der Waals surface area contributed by atoms with Crippen LogP contribution in [-0.4, -0.2) is 28.7 Å². The van der Waals surface area contributed by atoms with Gasteiger partial charge >= 0.3 is 0 Å². The number of nitrogens with one attached hydrogen (secondary N) is 1. The van der Waals surface area contributed by atoms with Crippen LogP contribution in [0.15, 0.2) is 29.1 Å². The molecule has 0 aliphatic heterocycles. The molecule has 3 aromatic rings. The number of nitrogens with zero attached hydrogens (tertiary/aromatic N) is 2. The zero-order valence-corrected chi connectivity index (χ0v) is 19.3. The van der Waals surface area contributed by atoms with Crippen molar-refractivity contribution in [2.24, 2.45) is 0 Å². The molecular formula is C23H27N3O2S2. The molecule has 0 saturated heterocycles. The second-order valence-electron chi connectivity index (χ2n) is 8.06. The molecule has 0 unspecified atom stereocenters. The summed E-state index contributed by atoms with van der Waals surface area (Å²) in [5.41, 5.74) is 3.35. The molecule has 1 aliphatic rings. The summed E-state index contributed by atoms with van der Waals surface area (Å²) in [7, 11) is 1.83. The van der Waals surface area contributed by atoms with Gasteiger partial charge in [-0.3, -0.25) is 9.59 Å². The molecule has 0 spiro atoms. The quantitative estimate of drug-likeness (QED) is 0.531. The Morgan fingerprint density at radius 2 is 2.17 bits per heavy atom. The van der Waals surface area contributed by atoms with Crippen LogP contribution in [0.25, 0.3) is 10.2 Å². The van der Waals surface area contributed by atoms with E-state index in [2.05, 4.69) is 35.9 Å². The Morgan fingerprint density at radius 3 is 2.97 bits per heavy atom. The number of thiophene rings is 1. The fraction of sp³-hybridized carbons (Fsp3) is 0.435. The van der Waals surface area contributed by atoms with Crippen molar-refractivity contribution in [2.75, 3.05) is 17.7 Å². The van der Waals surface area contributed by atoms with E-state index in [0.29, 0.717) is 29.7 Å². The first-order valence-corrected chi connectivity index (χ1v) is 12.4. The molecule has 0 atom stereocenters. The van der Waals surface area contributed by atoms with Crippen LogP contribution in [0.3, 0.4) is 0 Å². The monoisotopic (exact) mass is 441 g/mol. The average Bonchev–Trinajstić information content (AvgIpc) is 3.31. The van der Waals surface area contributed by atoms with E-state index >= 15 is 0 Å². The summed E-state index contributed by atoms with van der Waals surface area (Å²) < 4.78 is 0. The standard InChI is InChI=1S/C23H27N3O2S2/c1-14(2)15-6-4-7-16(12-15)26(3)20(27)10-11-29-13-19-24-22(28)21-17-8-5-9-18(17)30-23(21)25-19/h4,6-7,12,14H,5,8-11,13H2,1-3H3,(H,24,25,28). The molecule has 1 aromatic carbocycles. The van der Waals surface area contributed by atoms with Gasteiger partial charge in [-0.05, 0) is 48.4 Å². The van der Waals surface area contributed by atoms with Crippen LogP contribution in [0.5, 0.6) is 0 Å². The molecule has 2 heterocycles. The maximum atomic E-state index is 12.6. The topological polar surface area (TPSA) is 66.1 Å². The molecule has 30 heavy (non-hydrogen) atoms. The minimum atomic E-state index is -0.0177. The Bertz CT molecular complexity index is 1130. The van der Waals surface area contributed by atoms with Gasteiger partial charge in [-0.2, -0.15) is 11.8 Å². The molecule has 4 rings (SSSR count). The summed E-state index contributed by atoms with van der Waals surface area (Å²) >= 11 is 3.29. The highest BCUT2D eigenvalue weighted by Gasteiger charge is 2.21. The number of rotatable bonds is 7. The molecule has 0 bridgehead atoms. The fourth-order valence-corrected chi connectivity index (χ4v) is 5.92. The summed E-state index contributed by atoms with van der Waals surface area (Å²) in [6.07, 6.45) is 3.64. The lowest BCUT2D eigenvalue weighted by molar-refractivity contribution is -0.117. The van der Waals surface area contributed by atoms with E-state index in [-0.39, 0.29) is 11.5 Å². The number of amides is 1. The molecule has 1 amide bonds. The zero-order valence-electron chi connectivity index (χ0n) is 17.7. The highest BCUT2D eigenvalue weighted by Crippen LogP contribution is 2.34. The number of hydrogen-bond donors (Lipinski definition) is 1. The third-order valence-corrected chi connectivity index (χ3v) is 7.78. The Balaban J connectivity index is 1.33. The molecule has 0 radical (unpaired) electrons. The third kappa shape index (κ3) is 4.32. The van der Waals surface area contributed by atoms with E-state index in [1.54, 1.807) is 28.0 Å². The number of thioether (sulfide) groups is 1. The first kappa shape index (κ1) is 21.1. The molecule has 1 N–H and O–H groups in total. The van der Waals surface area contributed by atoms with Crippen molar-refractivity contribution in [3.63, 3.8) is 0 Å². The van der Waals surface area contributed by atoms with Crippen LogP contribution in [0.4, 0.5) is 5.69 Å². The number of benzene rings is 1. The van der Waals surface area contributed by atoms with Crippen LogP contribution >= 0.6 is 23.1 Å². The van der Waals surface area contributed by atoms with Gasteiger partial charge < -0.3 is 9.88 Å². The van der Waals surface area contributed by atoms with Gasteiger partial charge in [0, 0.05) is 29.8 Å². The van der Waals surface area contributed by atoms with Gasteiger partial charge in [-0.15, -0.1) is 11.3 Å². The summed E-state index contributed by atoms with van der Waals surface area (Å²) in [6.45, 7) is 4.30. The summed E-state index contributed by atoms with van der Waals surface area (Å²) in [6, 6.07) is 8.15. The second kappa shape index (κ2) is 8.94. The lowest BCUT2D eigenvalue weighted by Crippen LogP contribution is -2.26. The number of hydrogen-bond acceptors (Lipinski definition) is 5. The van der Waals surface area contributed by atoms with Gasteiger partial charge in [0.2, 0.25) is 5.91 Å². The summed E-state index contributed by atoms with van der Waals surface area (Å²) in [5, 5.41) is 0.793. The second-order valence-corrected chi connectivity index (χ2v) is 10.2. The maximum absolute atomic E-state index is 12.6. The zero-order chi connectivity index (χ0) is 21.3. The predicted octanol–water partition coefficient (Wildman–Crippen LogP) is 4.88. The normalized spacial score (nSPS) is 13.2. The maximum Gasteiger partial charge on any atom is 0.259 e. The van der Waals surface area contributed by atoms with Gasteiger partial charge in [0.1, 0.15) is 10.7 Å². The van der Waals surface area contributed by atoms with Crippen LogP contribution in [0.2, 0.25) is 0 Å². The lowest BCUT2D eigenvalue weighted by atomic mass is 10.0. The van der Waals surface area contributed by atoms with Gasteiger partial charge in [0.05, 0.1) is 11.1 Å². The minimum Gasteiger partial charge on any atom is -0.315 e. The number of aromatic amines is 1. The van der Waals surface area contributed by atoms with E-state index in [0.717, 1.165) is 35.2 Å². The molecule has 7 heteroatoms. The molecule has 5 nitrogen and oxygen atoms in total. The molecule has 2 aromatic heterocycles. The van der Waals surface area contributed by atoms with Crippen LogP contribution in [-0.2, 0) is 23.4 Å². The number of anilines is 1. The molecule has 0 fully saturated rings. The van der Waals surface area contributed by atoms with Crippen LogP contribution in [0, 0.1) is 0 Å². The molecule has 0 saturated carbocycles. The molecular weight excluding hydrogens is 414 g/mol. The van der Waals surface area contributed by atoms with Crippen molar-refractivity contribution in [1.29, 1.82) is 0 Å². The highest BCUT2D eigenvalue weighted by molar-refractivity contribution is 7.98. The van der Waals surface area contributed by atoms with E-state index in [1.807, 2.05) is 19.2 Å². The number of fused-ring (bicyclic) bond motifs is 3. The number of carbonyl (C=O) groups excluding carboxylic acids is 1. The van der Waals surface area contributed by atoms with Crippen LogP contribution < -0.4 is 10.5 Å². The van der Waals surface area contributed by atoms with Crippen molar-refractivity contribution in [3.05, 3.63) is 56.4 Å². The minimum absolute atomic E-state index is 0.0177. The first-order valence-electron chi connectivity index (χ1n) is 10.4. The van der Waals surface area contributed by atoms with E-state index in [4.69, 9.17) is 0 Å². The SMILES string of the molecule is CC(C)c1cccc(N(C)C(=O)CCSCc2nc3sc4c(c3c(=O)[nH]2)CCC4)c1. The van der Waals surface area contributed by atoms with Crippen LogP contribution in [0.1, 0.15) is 54.4 Å². The Morgan fingerprint density at radius 1 is 1.33 bits per heavy atom. The van der Waals surface area contributed by atoms with E-state index in [1.165, 1.54) is 16.0 Å². The number of H-pyrrole nitrogens is 1. The van der Waals surface area contributed by atoms with Gasteiger partial charge in [0.15, 0.2) is 0 Å². The largest absolute Gasteiger partial charge is 0.315 e. The highest BCUT2D eigenvalue weighted by atomic mass is 32.2. The Hall–Kier alpha value is -2.12. The number of carbonyl (C=O) groups is 1. The fourth-order valence-electron chi connectivity index (χ4n) is 3.85.